The molecule has 1 unspecified atom stereocenters. The van der Waals surface area contributed by atoms with Crippen molar-refractivity contribution in [3.63, 3.8) is 0 Å². The van der Waals surface area contributed by atoms with Crippen LogP contribution in [0.2, 0.25) is 0 Å². The summed E-state index contributed by atoms with van der Waals surface area (Å²) in [4.78, 5) is 0. The quantitative estimate of drug-likeness (QED) is 0.588. The van der Waals surface area contributed by atoms with Gasteiger partial charge in [0.05, 0.1) is 5.55 Å². The topological polar surface area (TPSA) is 41.6 Å². The highest BCUT2D eigenvalue weighted by Gasteiger charge is 2.18. The van der Waals surface area contributed by atoms with E-state index < -0.39 is 0 Å². The molecule has 0 aromatic carbocycles. The predicted molar refractivity (Wildman–Crippen MR) is 41.0 cm³/mol. The molecule has 0 radical (unpaired) electrons. The fourth-order valence-electron chi connectivity index (χ4n) is 0.699. The minimum absolute atomic E-state index is 0.0324. The Balaban J connectivity index is 2.49. The van der Waals surface area contributed by atoms with Gasteiger partial charge in [0.25, 0.3) is 0 Å². The van der Waals surface area contributed by atoms with E-state index in [9.17, 15) is 0 Å². The molecule has 1 atom stereocenters. The summed E-state index contributed by atoms with van der Waals surface area (Å²) in [5.74, 6) is 0. The van der Waals surface area contributed by atoms with Crippen molar-refractivity contribution < 1.29 is 0 Å². The average Bonchev–Trinajstić information content (AvgIpc) is 2.13. The molecule has 0 bridgehead atoms. The number of thioether (sulfide) groups is 1. The Hall–Kier alpha value is -0.220. The first-order chi connectivity index (χ1) is 4.22. The van der Waals surface area contributed by atoms with E-state index in [-0.39, 0.29) is 5.50 Å². The van der Waals surface area contributed by atoms with Gasteiger partial charge in [-0.3, -0.25) is 5.01 Å². The van der Waals surface area contributed by atoms with Crippen molar-refractivity contribution in [1.29, 1.82) is 0 Å². The smallest absolute Gasteiger partial charge is 0.147 e. The van der Waals surface area contributed by atoms with Crippen LogP contribution in [0.3, 0.4) is 0 Å². The average molecular weight is 145 g/mol. The van der Waals surface area contributed by atoms with E-state index in [4.69, 9.17) is 5.73 Å². The summed E-state index contributed by atoms with van der Waals surface area (Å²) in [5.41, 5.74) is 7.46. The zero-order valence-electron chi connectivity index (χ0n) is 5.61. The van der Waals surface area contributed by atoms with Crippen LogP contribution in [0.15, 0.2) is 5.10 Å². The molecular formula is C5H11N3S. The maximum atomic E-state index is 5.64. The first-order valence-corrected chi connectivity index (χ1v) is 3.88. The normalized spacial score (nSPS) is 26.2. The molecule has 1 aliphatic heterocycles. The molecule has 2 N–H and O–H groups in total. The van der Waals surface area contributed by atoms with Crippen LogP contribution in [0, 0.1) is 0 Å². The summed E-state index contributed by atoms with van der Waals surface area (Å²) < 4.78 is 0. The first kappa shape index (κ1) is 6.89. The van der Waals surface area contributed by atoms with Crippen LogP contribution in [0.5, 0.6) is 0 Å². The molecule has 4 heteroatoms. The number of hydrogen-bond donors (Lipinski definition) is 1. The molecule has 0 aromatic rings. The molecule has 9 heavy (non-hydrogen) atoms. The molecule has 0 amide bonds. The Morgan fingerprint density at radius 3 is 2.67 bits per heavy atom. The number of nitrogens with zero attached hydrogens (tertiary/aromatic N) is 2. The Morgan fingerprint density at radius 2 is 2.44 bits per heavy atom. The summed E-state index contributed by atoms with van der Waals surface area (Å²) in [5, 5.41) is 5.94. The van der Waals surface area contributed by atoms with Gasteiger partial charge in [0.15, 0.2) is 0 Å². The van der Waals surface area contributed by atoms with Gasteiger partial charge in [0, 0.05) is 6.04 Å². The van der Waals surface area contributed by atoms with E-state index >= 15 is 0 Å². The van der Waals surface area contributed by atoms with Gasteiger partial charge in [-0.2, -0.15) is 5.10 Å². The van der Waals surface area contributed by atoms with Crippen LogP contribution in [-0.4, -0.2) is 22.1 Å². The van der Waals surface area contributed by atoms with Crippen LogP contribution in [0.4, 0.5) is 0 Å². The van der Waals surface area contributed by atoms with E-state index in [1.165, 1.54) is 0 Å². The van der Waals surface area contributed by atoms with Crippen molar-refractivity contribution in [2.75, 3.05) is 0 Å². The largest absolute Gasteiger partial charge is 0.301 e. The maximum Gasteiger partial charge on any atom is 0.147 e. The van der Waals surface area contributed by atoms with Gasteiger partial charge in [-0.15, -0.1) is 0 Å². The zero-order chi connectivity index (χ0) is 6.85. The summed E-state index contributed by atoms with van der Waals surface area (Å²) in [7, 11) is 0. The minimum Gasteiger partial charge on any atom is -0.301 e. The molecule has 1 heterocycles. The molecule has 1 aliphatic rings. The number of hydrazone groups is 1. The highest BCUT2D eigenvalue weighted by Crippen LogP contribution is 2.17. The second kappa shape index (κ2) is 2.58. The van der Waals surface area contributed by atoms with Crippen molar-refractivity contribution in [2.45, 2.75) is 25.4 Å². The van der Waals surface area contributed by atoms with E-state index in [1.54, 1.807) is 17.3 Å². The van der Waals surface area contributed by atoms with Crippen LogP contribution in [0.25, 0.3) is 0 Å². The van der Waals surface area contributed by atoms with Gasteiger partial charge in [-0.05, 0) is 13.8 Å². The number of nitrogens with two attached hydrogens (primary N) is 1. The second-order valence-corrected chi connectivity index (χ2v) is 3.19. The lowest BCUT2D eigenvalue weighted by molar-refractivity contribution is 0.226. The van der Waals surface area contributed by atoms with Crippen molar-refractivity contribution in [3.05, 3.63) is 0 Å². The Kier molecular flexibility index (Phi) is 1.97. The SMILES string of the molecule is CC(C)N1N=CSC1N. The minimum atomic E-state index is 0.0324. The van der Waals surface area contributed by atoms with Crippen molar-refractivity contribution in [2.24, 2.45) is 10.8 Å². The Bertz CT molecular complexity index is 123. The van der Waals surface area contributed by atoms with Crippen molar-refractivity contribution >= 4 is 17.3 Å². The summed E-state index contributed by atoms with van der Waals surface area (Å²) in [6.45, 7) is 4.15. The summed E-state index contributed by atoms with van der Waals surface area (Å²) in [6, 6.07) is 0.409. The van der Waals surface area contributed by atoms with Gasteiger partial charge in [-0.25, -0.2) is 0 Å². The lowest BCUT2D eigenvalue weighted by Gasteiger charge is -2.22. The van der Waals surface area contributed by atoms with Crippen molar-refractivity contribution in [3.8, 4) is 0 Å². The molecule has 3 nitrogen and oxygen atoms in total. The van der Waals surface area contributed by atoms with Gasteiger partial charge < -0.3 is 5.73 Å². The summed E-state index contributed by atoms with van der Waals surface area (Å²) >= 11 is 1.55. The van der Waals surface area contributed by atoms with Crippen LogP contribution in [-0.2, 0) is 0 Å². The summed E-state index contributed by atoms with van der Waals surface area (Å²) in [6.07, 6.45) is 0. The maximum absolute atomic E-state index is 5.64. The van der Waals surface area contributed by atoms with Crippen molar-refractivity contribution in [1.82, 2.24) is 5.01 Å². The molecule has 0 saturated carbocycles. The van der Waals surface area contributed by atoms with Gasteiger partial charge in [-0.1, -0.05) is 11.8 Å². The fraction of sp³-hybridized carbons (Fsp3) is 0.800. The first-order valence-electron chi connectivity index (χ1n) is 2.93. The van der Waals surface area contributed by atoms with E-state index in [0.29, 0.717) is 6.04 Å². The standard InChI is InChI=1S/C5H11N3S/c1-4(2)8-5(6)9-3-7-8/h3-5H,6H2,1-2H3. The van der Waals surface area contributed by atoms with Crippen LogP contribution >= 0.6 is 11.8 Å². The number of rotatable bonds is 1. The lowest BCUT2D eigenvalue weighted by Crippen LogP contribution is -2.36. The van der Waals surface area contributed by atoms with Gasteiger partial charge in [0.2, 0.25) is 0 Å². The third-order valence-corrected chi connectivity index (χ3v) is 1.88. The van der Waals surface area contributed by atoms with Crippen LogP contribution < -0.4 is 5.73 Å². The van der Waals surface area contributed by atoms with E-state index in [2.05, 4.69) is 18.9 Å². The molecule has 52 valence electrons. The fourth-order valence-corrected chi connectivity index (χ4v) is 1.41. The molecule has 0 spiro atoms. The van der Waals surface area contributed by atoms with E-state index in [1.807, 2.05) is 5.01 Å². The molecule has 0 aromatic heterocycles. The lowest BCUT2D eigenvalue weighted by atomic mass is 10.4. The van der Waals surface area contributed by atoms with Gasteiger partial charge in [0.1, 0.15) is 5.50 Å². The predicted octanol–water partition coefficient (Wildman–Crippen LogP) is 0.629. The third kappa shape index (κ3) is 1.37. The highest BCUT2D eigenvalue weighted by molar-refractivity contribution is 8.12. The molecule has 0 fully saturated rings. The molecule has 0 aliphatic carbocycles. The Morgan fingerprint density at radius 1 is 1.78 bits per heavy atom. The molecule has 1 rings (SSSR count). The Labute approximate surface area is 59.3 Å². The highest BCUT2D eigenvalue weighted by atomic mass is 32.2. The molecule has 0 saturated heterocycles. The molecular weight excluding hydrogens is 134 g/mol. The second-order valence-electron chi connectivity index (χ2n) is 2.22. The zero-order valence-corrected chi connectivity index (χ0v) is 6.43. The monoisotopic (exact) mass is 145 g/mol. The third-order valence-electron chi connectivity index (χ3n) is 1.17. The van der Waals surface area contributed by atoms with Gasteiger partial charge >= 0.3 is 0 Å². The van der Waals surface area contributed by atoms with Crippen LogP contribution in [0.1, 0.15) is 13.8 Å². The van der Waals surface area contributed by atoms with E-state index in [0.717, 1.165) is 0 Å². The number of hydrogen-bond acceptors (Lipinski definition) is 4.